The molecule has 134 valence electrons. The van der Waals surface area contributed by atoms with Crippen molar-refractivity contribution in [2.24, 2.45) is 5.92 Å². The molecule has 1 saturated heterocycles. The van der Waals surface area contributed by atoms with E-state index in [0.717, 1.165) is 6.42 Å². The fourth-order valence-electron chi connectivity index (χ4n) is 3.15. The van der Waals surface area contributed by atoms with Crippen LogP contribution in [0.1, 0.15) is 26.7 Å². The van der Waals surface area contributed by atoms with Gasteiger partial charge in [-0.2, -0.15) is 0 Å². The lowest BCUT2D eigenvalue weighted by Crippen LogP contribution is -2.49. The van der Waals surface area contributed by atoms with Crippen LogP contribution >= 0.6 is 11.6 Å². The predicted octanol–water partition coefficient (Wildman–Crippen LogP) is 4.11. The molecule has 0 aliphatic carbocycles. The van der Waals surface area contributed by atoms with E-state index in [2.05, 4.69) is 18.8 Å². The van der Waals surface area contributed by atoms with Crippen molar-refractivity contribution in [2.45, 2.75) is 26.7 Å². The van der Waals surface area contributed by atoms with Gasteiger partial charge in [0.05, 0.1) is 10.7 Å². The van der Waals surface area contributed by atoms with Crippen molar-refractivity contribution < 1.29 is 9.18 Å². The van der Waals surface area contributed by atoms with Gasteiger partial charge in [0, 0.05) is 44.2 Å². The van der Waals surface area contributed by atoms with Gasteiger partial charge in [0.25, 0.3) is 0 Å². The Morgan fingerprint density at radius 3 is 2.64 bits per heavy atom. The Morgan fingerprint density at radius 1 is 1.24 bits per heavy atom. The van der Waals surface area contributed by atoms with Crippen LogP contribution < -0.4 is 4.90 Å². The van der Waals surface area contributed by atoms with Gasteiger partial charge in [-0.25, -0.2) is 4.39 Å². The number of rotatable bonds is 4. The van der Waals surface area contributed by atoms with Crippen LogP contribution in [0, 0.1) is 11.7 Å². The zero-order valence-electron chi connectivity index (χ0n) is 14.6. The maximum absolute atomic E-state index is 14.9. The third kappa shape index (κ3) is 3.87. The second-order valence-corrected chi connectivity index (χ2v) is 7.30. The van der Waals surface area contributed by atoms with Crippen LogP contribution in [0.5, 0.6) is 0 Å². The molecule has 1 aromatic heterocycles. The van der Waals surface area contributed by atoms with Crippen LogP contribution in [-0.2, 0) is 4.79 Å². The molecule has 0 spiro atoms. The molecule has 1 fully saturated rings. The summed E-state index contributed by atoms with van der Waals surface area (Å²) in [4.78, 5) is 20.2. The second kappa shape index (κ2) is 7.56. The lowest BCUT2D eigenvalue weighted by Gasteiger charge is -2.36. The third-order valence-corrected chi connectivity index (χ3v) is 5.02. The summed E-state index contributed by atoms with van der Waals surface area (Å²) in [5.74, 6) is 0.372. The maximum atomic E-state index is 14.9. The minimum atomic E-state index is -0.348. The van der Waals surface area contributed by atoms with Crippen LogP contribution in [0.3, 0.4) is 0 Å². The lowest BCUT2D eigenvalue weighted by molar-refractivity contribution is -0.131. The summed E-state index contributed by atoms with van der Waals surface area (Å²) in [6.07, 6.45) is 3.01. The number of carbonyl (C=O) groups excluding carboxylic acids is 1. The Bertz CT molecular complexity index is 773. The van der Waals surface area contributed by atoms with Gasteiger partial charge in [0.1, 0.15) is 5.52 Å². The van der Waals surface area contributed by atoms with E-state index in [9.17, 15) is 9.18 Å². The molecule has 4 nitrogen and oxygen atoms in total. The highest BCUT2D eigenvalue weighted by molar-refractivity contribution is 6.35. The second-order valence-electron chi connectivity index (χ2n) is 6.89. The molecule has 1 aliphatic heterocycles. The first-order chi connectivity index (χ1) is 12.0. The summed E-state index contributed by atoms with van der Waals surface area (Å²) < 4.78 is 14.9. The average Bonchev–Trinajstić information content (AvgIpc) is 2.61. The summed E-state index contributed by atoms with van der Waals surface area (Å²) in [6.45, 7) is 6.73. The van der Waals surface area contributed by atoms with Crippen molar-refractivity contribution in [1.29, 1.82) is 0 Å². The third-order valence-electron chi connectivity index (χ3n) is 4.69. The minimum absolute atomic E-state index is 0.195. The summed E-state index contributed by atoms with van der Waals surface area (Å²) in [6, 6.07) is 5.22. The summed E-state index contributed by atoms with van der Waals surface area (Å²) in [7, 11) is 0. The van der Waals surface area contributed by atoms with Crippen molar-refractivity contribution in [3.8, 4) is 0 Å². The van der Waals surface area contributed by atoms with E-state index in [0.29, 0.717) is 60.1 Å². The number of piperazine rings is 1. The molecule has 0 unspecified atom stereocenters. The maximum Gasteiger partial charge on any atom is 0.222 e. The summed E-state index contributed by atoms with van der Waals surface area (Å²) in [5.41, 5.74) is 0.817. The van der Waals surface area contributed by atoms with Crippen molar-refractivity contribution in [1.82, 2.24) is 9.88 Å². The van der Waals surface area contributed by atoms with E-state index in [-0.39, 0.29) is 11.7 Å². The van der Waals surface area contributed by atoms with Crippen molar-refractivity contribution in [3.63, 3.8) is 0 Å². The standard InChI is InChI=1S/C19H23ClFN3O/c1-13(2)3-6-17(25)24-11-9-23(10-12-24)16-5-4-14-15(20)7-8-22-19(14)18(16)21/h4-5,7-8,13H,3,6,9-12H2,1-2H3. The van der Waals surface area contributed by atoms with Gasteiger partial charge < -0.3 is 9.80 Å². The zero-order chi connectivity index (χ0) is 18.0. The largest absolute Gasteiger partial charge is 0.366 e. The number of nitrogens with zero attached hydrogens (tertiary/aromatic N) is 3. The number of anilines is 1. The molecule has 1 amide bonds. The first-order valence-corrected chi connectivity index (χ1v) is 9.10. The van der Waals surface area contributed by atoms with Crippen LogP contribution in [0.2, 0.25) is 5.02 Å². The molecule has 0 N–H and O–H groups in total. The lowest BCUT2D eigenvalue weighted by atomic mass is 10.1. The van der Waals surface area contributed by atoms with E-state index in [1.165, 1.54) is 6.20 Å². The van der Waals surface area contributed by atoms with Crippen molar-refractivity contribution in [3.05, 3.63) is 35.2 Å². The number of halogens is 2. The number of amides is 1. The molecule has 6 heteroatoms. The van der Waals surface area contributed by atoms with Gasteiger partial charge >= 0.3 is 0 Å². The number of benzene rings is 1. The van der Waals surface area contributed by atoms with Crippen molar-refractivity contribution >= 4 is 34.1 Å². The molecule has 0 bridgehead atoms. The Hall–Kier alpha value is -1.88. The van der Waals surface area contributed by atoms with Gasteiger partial charge in [-0.1, -0.05) is 25.4 Å². The molecule has 0 radical (unpaired) electrons. The predicted molar refractivity (Wildman–Crippen MR) is 99.6 cm³/mol. The van der Waals surface area contributed by atoms with E-state index in [1.807, 2.05) is 15.9 Å². The quantitative estimate of drug-likeness (QED) is 0.820. The Labute approximate surface area is 152 Å². The normalized spacial score (nSPS) is 15.2. The fraction of sp³-hybridized carbons (Fsp3) is 0.474. The molecule has 25 heavy (non-hydrogen) atoms. The minimum Gasteiger partial charge on any atom is -0.366 e. The zero-order valence-corrected chi connectivity index (χ0v) is 15.4. The van der Waals surface area contributed by atoms with Crippen LogP contribution in [0.4, 0.5) is 10.1 Å². The highest BCUT2D eigenvalue weighted by Gasteiger charge is 2.23. The molecule has 0 atom stereocenters. The number of aromatic nitrogens is 1. The average molecular weight is 364 g/mol. The molecule has 1 aromatic carbocycles. The van der Waals surface area contributed by atoms with Gasteiger partial charge in [-0.05, 0) is 30.5 Å². The molecule has 2 aromatic rings. The smallest absolute Gasteiger partial charge is 0.222 e. The fourth-order valence-corrected chi connectivity index (χ4v) is 3.36. The van der Waals surface area contributed by atoms with Crippen LogP contribution in [0.15, 0.2) is 24.4 Å². The first kappa shape index (κ1) is 17.9. The van der Waals surface area contributed by atoms with Crippen molar-refractivity contribution in [2.75, 3.05) is 31.1 Å². The first-order valence-electron chi connectivity index (χ1n) is 8.73. The van der Waals surface area contributed by atoms with E-state index in [1.54, 1.807) is 12.1 Å². The molecule has 2 heterocycles. The van der Waals surface area contributed by atoms with Gasteiger partial charge in [0.15, 0.2) is 5.82 Å². The topological polar surface area (TPSA) is 36.4 Å². The Kier molecular flexibility index (Phi) is 5.42. The van der Waals surface area contributed by atoms with E-state index in [4.69, 9.17) is 11.6 Å². The van der Waals surface area contributed by atoms with Crippen LogP contribution in [-0.4, -0.2) is 42.0 Å². The molecular formula is C19H23ClFN3O. The molecule has 3 rings (SSSR count). The summed E-state index contributed by atoms with van der Waals surface area (Å²) >= 11 is 6.11. The molecule has 0 saturated carbocycles. The van der Waals surface area contributed by atoms with Gasteiger partial charge in [-0.3, -0.25) is 9.78 Å². The number of hydrogen-bond donors (Lipinski definition) is 0. The molecular weight excluding hydrogens is 341 g/mol. The number of pyridine rings is 1. The van der Waals surface area contributed by atoms with E-state index < -0.39 is 0 Å². The molecule has 1 aliphatic rings. The Morgan fingerprint density at radius 2 is 1.96 bits per heavy atom. The SMILES string of the molecule is CC(C)CCC(=O)N1CCN(c2ccc3c(Cl)ccnc3c2F)CC1. The summed E-state index contributed by atoms with van der Waals surface area (Å²) in [5, 5.41) is 1.11. The highest BCUT2D eigenvalue weighted by atomic mass is 35.5. The van der Waals surface area contributed by atoms with Crippen LogP contribution in [0.25, 0.3) is 10.9 Å². The number of carbonyl (C=O) groups is 1. The number of fused-ring (bicyclic) bond motifs is 1. The van der Waals surface area contributed by atoms with Gasteiger partial charge in [-0.15, -0.1) is 0 Å². The van der Waals surface area contributed by atoms with E-state index >= 15 is 0 Å². The number of hydrogen-bond acceptors (Lipinski definition) is 3. The highest BCUT2D eigenvalue weighted by Crippen LogP contribution is 2.30. The Balaban J connectivity index is 1.70. The van der Waals surface area contributed by atoms with Gasteiger partial charge in [0.2, 0.25) is 5.91 Å². The monoisotopic (exact) mass is 363 g/mol.